The summed E-state index contributed by atoms with van der Waals surface area (Å²) in [5.41, 5.74) is 8.00. The van der Waals surface area contributed by atoms with E-state index in [4.69, 9.17) is 17.9 Å². The lowest BCUT2D eigenvalue weighted by Gasteiger charge is -2.19. The van der Waals surface area contributed by atoms with Gasteiger partial charge in [0.15, 0.2) is 11.2 Å². The molecular formula is C48H38NO4P. The first-order valence-corrected chi connectivity index (χ1v) is 19.2. The van der Waals surface area contributed by atoms with Gasteiger partial charge in [-0.15, -0.1) is 0 Å². The van der Waals surface area contributed by atoms with E-state index in [0.717, 1.165) is 77.2 Å². The van der Waals surface area contributed by atoms with Gasteiger partial charge in [-0.3, -0.25) is 0 Å². The van der Waals surface area contributed by atoms with Crippen LogP contribution in [0.1, 0.15) is 11.1 Å². The molecule has 54 heavy (non-hydrogen) atoms. The van der Waals surface area contributed by atoms with Crippen LogP contribution in [0.25, 0.3) is 65.7 Å². The maximum Gasteiger partial charge on any atom is 0.310 e. The fraction of sp³-hybridized carbons (Fsp3) is 0.0833. The molecular weight excluding hydrogens is 686 g/mol. The lowest BCUT2D eigenvalue weighted by Crippen LogP contribution is -2.18. The summed E-state index contributed by atoms with van der Waals surface area (Å²) in [6.07, 6.45) is 0. The second-order valence-corrected chi connectivity index (χ2v) is 14.8. The van der Waals surface area contributed by atoms with Crippen LogP contribution in [0.15, 0.2) is 178 Å². The van der Waals surface area contributed by atoms with Crippen molar-refractivity contribution in [3.63, 3.8) is 0 Å². The number of hydrogen-bond donors (Lipinski definition) is 0. The zero-order chi connectivity index (χ0) is 36.4. The summed E-state index contributed by atoms with van der Waals surface area (Å²) in [4.78, 5) is 0. The van der Waals surface area contributed by atoms with Crippen molar-refractivity contribution < 1.29 is 17.9 Å². The van der Waals surface area contributed by atoms with E-state index in [1.54, 1.807) is 14.2 Å². The third kappa shape index (κ3) is 6.39. The number of methoxy groups -OCH3 is 2. The lowest BCUT2D eigenvalue weighted by molar-refractivity contribution is 0.415. The zero-order valence-electron chi connectivity index (χ0n) is 30.1. The fourth-order valence-corrected chi connectivity index (χ4v) is 8.88. The molecule has 9 rings (SSSR count). The van der Waals surface area contributed by atoms with E-state index in [9.17, 15) is 0 Å². The highest BCUT2D eigenvalue weighted by molar-refractivity contribution is 7.38. The normalized spacial score (nSPS) is 11.5. The summed E-state index contributed by atoms with van der Waals surface area (Å²) in [6.45, 7) is 1.26. The van der Waals surface area contributed by atoms with E-state index < -0.39 is 8.16 Å². The molecule has 1 aromatic heterocycles. The quantitative estimate of drug-likeness (QED) is 0.148. The number of rotatable bonds is 9. The largest absolute Gasteiger partial charge is 0.497 e. The van der Waals surface area contributed by atoms with Gasteiger partial charge in [-0.05, 0) is 80.2 Å². The van der Waals surface area contributed by atoms with Crippen molar-refractivity contribution in [3.8, 4) is 33.8 Å². The predicted octanol–water partition coefficient (Wildman–Crippen LogP) is 13.3. The van der Waals surface area contributed by atoms with E-state index in [-0.39, 0.29) is 0 Å². The molecule has 5 nitrogen and oxygen atoms in total. The molecule has 0 spiro atoms. The number of hydrogen-bond acceptors (Lipinski definition) is 5. The molecule has 0 amide bonds. The first kappa shape index (κ1) is 33.6. The molecule has 264 valence electrons. The highest BCUT2D eigenvalue weighted by atomic mass is 31.1. The molecule has 9 aromatic rings. The molecule has 0 saturated heterocycles. The Balaban J connectivity index is 1.47. The Kier molecular flexibility index (Phi) is 9.10. The number of fused-ring (bicyclic) bond motifs is 7. The van der Waals surface area contributed by atoms with Crippen molar-refractivity contribution >= 4 is 51.6 Å². The van der Waals surface area contributed by atoms with Gasteiger partial charge in [0.25, 0.3) is 0 Å². The lowest BCUT2D eigenvalue weighted by atomic mass is 9.91. The van der Waals surface area contributed by atoms with Gasteiger partial charge >= 0.3 is 8.16 Å². The number of nitrogens with zero attached hydrogens (tertiary/aromatic N) is 1. The molecule has 0 radical (unpaired) electrons. The molecule has 0 unspecified atom stereocenters. The van der Waals surface area contributed by atoms with Crippen molar-refractivity contribution in [2.75, 3.05) is 18.9 Å². The summed E-state index contributed by atoms with van der Waals surface area (Å²) in [6, 6.07) is 59.3. The second-order valence-electron chi connectivity index (χ2n) is 13.4. The van der Waals surface area contributed by atoms with Crippen molar-refractivity contribution in [1.29, 1.82) is 0 Å². The van der Waals surface area contributed by atoms with Crippen LogP contribution in [0, 0.1) is 0 Å². The minimum atomic E-state index is -1.74. The van der Waals surface area contributed by atoms with Crippen LogP contribution in [-0.2, 0) is 13.1 Å². The van der Waals surface area contributed by atoms with Crippen LogP contribution < -0.4 is 14.1 Å². The summed E-state index contributed by atoms with van der Waals surface area (Å²) in [5, 5.41) is 6.47. The average molecular weight is 724 g/mol. The maximum atomic E-state index is 7.49. The van der Waals surface area contributed by atoms with Gasteiger partial charge in [-0.2, -0.15) is 4.67 Å². The smallest absolute Gasteiger partial charge is 0.310 e. The maximum absolute atomic E-state index is 7.49. The van der Waals surface area contributed by atoms with Crippen molar-refractivity contribution in [2.24, 2.45) is 0 Å². The molecule has 0 fully saturated rings. The second kappa shape index (κ2) is 14.6. The Hall–Kier alpha value is -6.26. The Morgan fingerprint density at radius 2 is 0.852 bits per heavy atom. The third-order valence-electron chi connectivity index (χ3n) is 10.0. The monoisotopic (exact) mass is 723 g/mol. The molecule has 8 aromatic carbocycles. The van der Waals surface area contributed by atoms with Crippen molar-refractivity contribution in [1.82, 2.24) is 0 Å². The topological polar surface area (TPSA) is 48.0 Å². The van der Waals surface area contributed by atoms with E-state index in [1.807, 2.05) is 24.3 Å². The minimum Gasteiger partial charge on any atom is -0.497 e. The van der Waals surface area contributed by atoms with Gasteiger partial charge < -0.3 is 17.9 Å². The van der Waals surface area contributed by atoms with E-state index in [2.05, 4.69) is 150 Å². The number of benzene rings is 8. The molecule has 6 heteroatoms. The van der Waals surface area contributed by atoms with Crippen LogP contribution in [0.3, 0.4) is 0 Å². The Morgan fingerprint density at radius 3 is 1.26 bits per heavy atom. The van der Waals surface area contributed by atoms with Gasteiger partial charge in [0.2, 0.25) is 0 Å². The highest BCUT2D eigenvalue weighted by Crippen LogP contribution is 2.48. The van der Waals surface area contributed by atoms with Crippen molar-refractivity contribution in [2.45, 2.75) is 13.1 Å². The highest BCUT2D eigenvalue weighted by Gasteiger charge is 2.23. The van der Waals surface area contributed by atoms with Crippen LogP contribution in [-0.4, -0.2) is 14.2 Å². The number of ether oxygens (including phenoxy) is 2. The Bertz CT molecular complexity index is 2590. The van der Waals surface area contributed by atoms with Gasteiger partial charge in [0.05, 0.1) is 14.2 Å². The summed E-state index contributed by atoms with van der Waals surface area (Å²) < 4.78 is 28.5. The molecule has 1 heterocycles. The van der Waals surface area contributed by atoms with E-state index in [0.29, 0.717) is 13.1 Å². The van der Waals surface area contributed by atoms with Crippen LogP contribution in [0.4, 0.5) is 0 Å². The van der Waals surface area contributed by atoms with Gasteiger partial charge in [0, 0.05) is 35.0 Å². The van der Waals surface area contributed by atoms with Gasteiger partial charge in [-0.1, -0.05) is 133 Å². The summed E-state index contributed by atoms with van der Waals surface area (Å²) in [5.74, 6) is 1.60. The molecule has 0 aliphatic rings. The van der Waals surface area contributed by atoms with Gasteiger partial charge in [-0.25, -0.2) is 0 Å². The molecule has 0 saturated carbocycles. The van der Waals surface area contributed by atoms with Gasteiger partial charge in [0.1, 0.15) is 11.5 Å². The SMILES string of the molecule is COc1ccc(-c2cc3ccccc3c3c2op(N(Cc2ccccc2)Cc2ccccc2)oc2c(-c4ccc(OC)cc4)cc4ccccc4c23)cc1. The predicted molar refractivity (Wildman–Crippen MR) is 224 cm³/mol. The molecule has 0 aliphatic carbocycles. The minimum absolute atomic E-state index is 0.628. The Labute approximate surface area is 315 Å². The van der Waals surface area contributed by atoms with E-state index in [1.165, 1.54) is 11.1 Å². The third-order valence-corrected chi connectivity index (χ3v) is 11.5. The van der Waals surface area contributed by atoms with Crippen LogP contribution in [0.2, 0.25) is 0 Å². The molecule has 0 atom stereocenters. The molecule has 0 N–H and O–H groups in total. The van der Waals surface area contributed by atoms with E-state index >= 15 is 0 Å². The standard InChI is InChI=1S/C48H38NO4P/c1-50-39-25-21-35(22-26-39)43-29-37-17-9-11-19-41(37)45-46-42-20-12-10-18-38(42)30-44(36-23-27-40(51-2)28-24-36)48(46)53-54(52-47(43)45)49(31-33-13-5-3-6-14-33)32-34-15-7-4-8-16-34/h3-30H,31-32H2,1-2H3. The average Bonchev–Trinajstić information content (AvgIpc) is 3.42. The molecule has 0 aliphatic heterocycles. The molecule has 0 bridgehead atoms. The van der Waals surface area contributed by atoms with Crippen LogP contribution in [0.5, 0.6) is 11.5 Å². The Morgan fingerprint density at radius 1 is 0.463 bits per heavy atom. The zero-order valence-corrected chi connectivity index (χ0v) is 31.0. The van der Waals surface area contributed by atoms with Crippen LogP contribution >= 0.6 is 8.16 Å². The fourth-order valence-electron chi connectivity index (χ4n) is 7.36. The first-order chi connectivity index (χ1) is 26.7. The van der Waals surface area contributed by atoms with Crippen molar-refractivity contribution in [3.05, 3.63) is 181 Å². The first-order valence-electron chi connectivity index (χ1n) is 18.1. The summed E-state index contributed by atoms with van der Waals surface area (Å²) in [7, 11) is 1.65. The summed E-state index contributed by atoms with van der Waals surface area (Å²) >= 11 is 0.